The Morgan fingerprint density at radius 1 is 1.00 bits per heavy atom. The largest absolute Gasteiger partial charge is 0.489 e. The van der Waals surface area contributed by atoms with Gasteiger partial charge in [0.25, 0.3) is 0 Å². The van der Waals surface area contributed by atoms with Gasteiger partial charge >= 0.3 is 0 Å². The van der Waals surface area contributed by atoms with E-state index in [1.54, 1.807) is 0 Å². The highest BCUT2D eigenvalue weighted by molar-refractivity contribution is 6.01. The Hall–Kier alpha value is -2.29. The Kier molecular flexibility index (Phi) is 6.86. The summed E-state index contributed by atoms with van der Waals surface area (Å²) in [4.78, 5) is 5.38. The summed E-state index contributed by atoms with van der Waals surface area (Å²) in [5.74, 6) is 0.921. The van der Waals surface area contributed by atoms with Crippen LogP contribution in [0, 0.1) is 13.8 Å². The van der Waals surface area contributed by atoms with Crippen molar-refractivity contribution >= 4 is 5.71 Å². The molecule has 0 saturated heterocycles. The molecule has 0 heterocycles. The predicted molar refractivity (Wildman–Crippen MR) is 99.8 cm³/mol. The van der Waals surface area contributed by atoms with Crippen LogP contribution in [0.5, 0.6) is 5.75 Å². The van der Waals surface area contributed by atoms with Gasteiger partial charge in [0.1, 0.15) is 19.0 Å². The standard InChI is InChI=1S/C21H27NO2/c1-5-12-24-22-20(6-2)19-13-17(4)21(14-16(19)3)23-15-18-10-8-7-9-11-18/h7-11,13-14H,5-6,12,15H2,1-4H3/b22-20+. The van der Waals surface area contributed by atoms with Crippen molar-refractivity contribution < 1.29 is 9.57 Å². The fourth-order valence-electron chi connectivity index (χ4n) is 2.51. The Bertz CT molecular complexity index is 678. The lowest BCUT2D eigenvalue weighted by Gasteiger charge is -2.14. The summed E-state index contributed by atoms with van der Waals surface area (Å²) in [6, 6.07) is 14.5. The molecule has 0 N–H and O–H groups in total. The number of hydrogen-bond acceptors (Lipinski definition) is 3. The minimum atomic E-state index is 0.578. The average molecular weight is 325 g/mol. The summed E-state index contributed by atoms with van der Waals surface area (Å²) in [6.45, 7) is 9.57. The van der Waals surface area contributed by atoms with Gasteiger partial charge in [-0.05, 0) is 55.5 Å². The third-order valence-electron chi connectivity index (χ3n) is 3.88. The summed E-state index contributed by atoms with van der Waals surface area (Å²) in [6.07, 6.45) is 1.80. The normalized spacial score (nSPS) is 11.4. The Morgan fingerprint density at radius 3 is 2.42 bits per heavy atom. The van der Waals surface area contributed by atoms with Crippen molar-refractivity contribution in [3.8, 4) is 5.75 Å². The first kappa shape index (κ1) is 18.1. The molecule has 128 valence electrons. The Labute approximate surface area is 145 Å². The fourth-order valence-corrected chi connectivity index (χ4v) is 2.51. The molecule has 0 aliphatic heterocycles. The molecule has 0 aromatic heterocycles. The number of oxime groups is 1. The van der Waals surface area contributed by atoms with Crippen molar-refractivity contribution in [1.82, 2.24) is 0 Å². The highest BCUT2D eigenvalue weighted by atomic mass is 16.6. The van der Waals surface area contributed by atoms with Crippen molar-refractivity contribution in [1.29, 1.82) is 0 Å². The first-order chi connectivity index (χ1) is 11.7. The van der Waals surface area contributed by atoms with Gasteiger partial charge in [-0.1, -0.05) is 49.3 Å². The number of ether oxygens (including phenoxy) is 1. The topological polar surface area (TPSA) is 30.8 Å². The van der Waals surface area contributed by atoms with E-state index in [0.717, 1.165) is 41.0 Å². The smallest absolute Gasteiger partial charge is 0.123 e. The average Bonchev–Trinajstić information content (AvgIpc) is 2.60. The number of hydrogen-bond donors (Lipinski definition) is 0. The maximum absolute atomic E-state index is 6.00. The SMILES string of the molecule is CCCO/N=C(\CC)c1cc(C)c(OCc2ccccc2)cc1C. The summed E-state index contributed by atoms with van der Waals surface area (Å²) < 4.78 is 6.00. The number of benzene rings is 2. The highest BCUT2D eigenvalue weighted by Gasteiger charge is 2.11. The van der Waals surface area contributed by atoms with Crippen LogP contribution in [-0.2, 0) is 11.4 Å². The summed E-state index contributed by atoms with van der Waals surface area (Å²) >= 11 is 0. The van der Waals surface area contributed by atoms with Crippen molar-refractivity contribution in [2.24, 2.45) is 5.16 Å². The summed E-state index contributed by atoms with van der Waals surface area (Å²) in [5.41, 5.74) is 5.56. The predicted octanol–water partition coefficient (Wildman–Crippen LogP) is 5.42. The van der Waals surface area contributed by atoms with Gasteiger partial charge in [-0.15, -0.1) is 0 Å². The van der Waals surface area contributed by atoms with Gasteiger partial charge in [-0.25, -0.2) is 0 Å². The molecule has 0 unspecified atom stereocenters. The van der Waals surface area contributed by atoms with Crippen LogP contribution in [0.4, 0.5) is 0 Å². The minimum Gasteiger partial charge on any atom is -0.489 e. The molecule has 0 atom stereocenters. The van der Waals surface area contributed by atoms with Crippen LogP contribution in [-0.4, -0.2) is 12.3 Å². The summed E-state index contributed by atoms with van der Waals surface area (Å²) in [7, 11) is 0. The third-order valence-corrected chi connectivity index (χ3v) is 3.88. The van der Waals surface area contributed by atoms with E-state index in [1.165, 1.54) is 5.56 Å². The Balaban J connectivity index is 2.16. The van der Waals surface area contributed by atoms with Gasteiger partial charge in [0.15, 0.2) is 0 Å². The molecular weight excluding hydrogens is 298 g/mol. The molecular formula is C21H27NO2. The number of rotatable bonds is 8. The molecule has 2 rings (SSSR count). The van der Waals surface area contributed by atoms with E-state index in [0.29, 0.717) is 13.2 Å². The second-order valence-corrected chi connectivity index (χ2v) is 5.93. The zero-order valence-electron chi connectivity index (χ0n) is 15.1. The maximum atomic E-state index is 6.00. The minimum absolute atomic E-state index is 0.578. The molecule has 0 aliphatic rings. The maximum Gasteiger partial charge on any atom is 0.123 e. The third kappa shape index (κ3) is 4.85. The van der Waals surface area contributed by atoms with E-state index in [9.17, 15) is 0 Å². The van der Waals surface area contributed by atoms with Crippen LogP contribution < -0.4 is 4.74 Å². The van der Waals surface area contributed by atoms with Crippen LogP contribution in [0.25, 0.3) is 0 Å². The van der Waals surface area contributed by atoms with Crippen LogP contribution in [0.3, 0.4) is 0 Å². The molecule has 2 aromatic carbocycles. The lowest BCUT2D eigenvalue weighted by Crippen LogP contribution is -2.06. The molecule has 24 heavy (non-hydrogen) atoms. The second-order valence-electron chi connectivity index (χ2n) is 5.93. The quantitative estimate of drug-likeness (QED) is 0.368. The molecule has 0 amide bonds. The van der Waals surface area contributed by atoms with Crippen molar-refractivity contribution in [3.05, 3.63) is 64.7 Å². The highest BCUT2D eigenvalue weighted by Crippen LogP contribution is 2.25. The number of nitrogens with zero attached hydrogens (tertiary/aromatic N) is 1. The van der Waals surface area contributed by atoms with Gasteiger partial charge in [0, 0.05) is 5.56 Å². The van der Waals surface area contributed by atoms with E-state index in [-0.39, 0.29) is 0 Å². The van der Waals surface area contributed by atoms with Gasteiger partial charge < -0.3 is 9.57 Å². The Morgan fingerprint density at radius 2 is 1.75 bits per heavy atom. The molecule has 0 aliphatic carbocycles. The van der Waals surface area contributed by atoms with Crippen LogP contribution >= 0.6 is 0 Å². The van der Waals surface area contributed by atoms with E-state index < -0.39 is 0 Å². The molecule has 0 spiro atoms. The lowest BCUT2D eigenvalue weighted by atomic mass is 9.99. The molecule has 3 heteroatoms. The molecule has 0 radical (unpaired) electrons. The number of aryl methyl sites for hydroxylation is 2. The molecule has 0 fully saturated rings. The van der Waals surface area contributed by atoms with Crippen molar-refractivity contribution in [2.45, 2.75) is 47.1 Å². The first-order valence-corrected chi connectivity index (χ1v) is 8.62. The van der Waals surface area contributed by atoms with Gasteiger partial charge in [-0.3, -0.25) is 0 Å². The molecule has 2 aromatic rings. The fraction of sp³-hybridized carbons (Fsp3) is 0.381. The van der Waals surface area contributed by atoms with Crippen molar-refractivity contribution in [3.63, 3.8) is 0 Å². The van der Waals surface area contributed by atoms with E-state index in [4.69, 9.17) is 9.57 Å². The molecule has 0 bridgehead atoms. The second kappa shape index (κ2) is 9.11. The first-order valence-electron chi connectivity index (χ1n) is 8.62. The lowest BCUT2D eigenvalue weighted by molar-refractivity contribution is 0.144. The van der Waals surface area contributed by atoms with E-state index >= 15 is 0 Å². The monoisotopic (exact) mass is 325 g/mol. The van der Waals surface area contributed by atoms with Gasteiger partial charge in [-0.2, -0.15) is 0 Å². The zero-order chi connectivity index (χ0) is 17.4. The van der Waals surface area contributed by atoms with Crippen LogP contribution in [0.1, 0.15) is 48.9 Å². The van der Waals surface area contributed by atoms with Gasteiger partial charge in [0.2, 0.25) is 0 Å². The van der Waals surface area contributed by atoms with Crippen molar-refractivity contribution in [2.75, 3.05) is 6.61 Å². The van der Waals surface area contributed by atoms with Crippen LogP contribution in [0.15, 0.2) is 47.6 Å². The zero-order valence-corrected chi connectivity index (χ0v) is 15.1. The van der Waals surface area contributed by atoms with Crippen LogP contribution in [0.2, 0.25) is 0 Å². The van der Waals surface area contributed by atoms with Gasteiger partial charge in [0.05, 0.1) is 5.71 Å². The summed E-state index contributed by atoms with van der Waals surface area (Å²) in [5, 5.41) is 4.30. The molecule has 3 nitrogen and oxygen atoms in total. The van der Waals surface area contributed by atoms with E-state index in [2.05, 4.69) is 57.1 Å². The van der Waals surface area contributed by atoms with E-state index in [1.807, 2.05) is 18.2 Å². The molecule has 0 saturated carbocycles.